The number of benzene rings is 1. The number of carbonyl (C=O) groups is 3. The first kappa shape index (κ1) is 16.3. The number of para-hydroxylation sites is 1. The van der Waals surface area contributed by atoms with Crippen LogP contribution in [0.15, 0.2) is 24.3 Å². The fraction of sp³-hybridized carbons (Fsp3) is 0.471. The van der Waals surface area contributed by atoms with Crippen LogP contribution in [0.5, 0.6) is 0 Å². The normalized spacial score (nSPS) is 19.9. The highest BCUT2D eigenvalue weighted by Crippen LogP contribution is 2.26. The van der Waals surface area contributed by atoms with Crippen LogP contribution in [0.4, 0.5) is 10.5 Å². The SMILES string of the molecule is CN1C(=O)[C@H](CC(=O)NCCN2CCc3ccccc32)N(C)C1=O. The topological polar surface area (TPSA) is 73.0 Å². The van der Waals surface area contributed by atoms with Crippen molar-refractivity contribution >= 4 is 23.5 Å². The maximum atomic E-state index is 12.1. The van der Waals surface area contributed by atoms with Crippen LogP contribution in [-0.4, -0.2) is 67.4 Å². The molecule has 1 atom stereocenters. The lowest BCUT2D eigenvalue weighted by molar-refractivity contribution is -0.131. The van der Waals surface area contributed by atoms with E-state index in [0.29, 0.717) is 6.54 Å². The summed E-state index contributed by atoms with van der Waals surface area (Å²) in [5.74, 6) is -0.540. The van der Waals surface area contributed by atoms with Crippen LogP contribution in [0.1, 0.15) is 12.0 Å². The Bertz CT molecular complexity index is 676. The number of hydrogen-bond acceptors (Lipinski definition) is 4. The monoisotopic (exact) mass is 330 g/mol. The maximum absolute atomic E-state index is 12.1. The lowest BCUT2D eigenvalue weighted by Crippen LogP contribution is -2.39. The summed E-state index contributed by atoms with van der Waals surface area (Å²) in [6.45, 7) is 2.20. The molecule has 24 heavy (non-hydrogen) atoms. The minimum Gasteiger partial charge on any atom is -0.369 e. The van der Waals surface area contributed by atoms with Gasteiger partial charge in [-0.2, -0.15) is 0 Å². The Labute approximate surface area is 141 Å². The van der Waals surface area contributed by atoms with Crippen LogP contribution in [0.2, 0.25) is 0 Å². The van der Waals surface area contributed by atoms with Crippen molar-refractivity contribution in [2.75, 3.05) is 38.6 Å². The summed E-state index contributed by atoms with van der Waals surface area (Å²) in [5, 5.41) is 2.85. The molecule has 7 heteroatoms. The van der Waals surface area contributed by atoms with Gasteiger partial charge in [-0.05, 0) is 18.1 Å². The highest BCUT2D eigenvalue weighted by molar-refractivity contribution is 6.05. The van der Waals surface area contributed by atoms with Gasteiger partial charge in [0.05, 0.1) is 6.42 Å². The molecule has 1 aromatic carbocycles. The zero-order valence-corrected chi connectivity index (χ0v) is 14.0. The molecule has 4 amide bonds. The maximum Gasteiger partial charge on any atom is 0.326 e. The quantitative estimate of drug-likeness (QED) is 0.796. The Hall–Kier alpha value is -2.57. The van der Waals surface area contributed by atoms with Gasteiger partial charge in [0.2, 0.25) is 5.91 Å². The zero-order chi connectivity index (χ0) is 17.3. The molecule has 0 unspecified atom stereocenters. The van der Waals surface area contributed by atoms with Crippen molar-refractivity contribution in [3.05, 3.63) is 29.8 Å². The number of nitrogens with zero attached hydrogens (tertiary/aromatic N) is 3. The molecule has 1 aromatic rings. The van der Waals surface area contributed by atoms with E-state index in [2.05, 4.69) is 22.3 Å². The van der Waals surface area contributed by atoms with Crippen LogP contribution >= 0.6 is 0 Å². The van der Waals surface area contributed by atoms with Crippen LogP contribution in [0.3, 0.4) is 0 Å². The fourth-order valence-corrected chi connectivity index (χ4v) is 3.29. The first-order chi connectivity index (χ1) is 11.5. The Morgan fingerprint density at radius 3 is 2.71 bits per heavy atom. The number of anilines is 1. The third kappa shape index (κ3) is 2.93. The second kappa shape index (κ2) is 6.51. The highest BCUT2D eigenvalue weighted by atomic mass is 16.2. The van der Waals surface area contributed by atoms with E-state index in [1.54, 1.807) is 7.05 Å². The number of urea groups is 1. The van der Waals surface area contributed by atoms with Gasteiger partial charge in [0, 0.05) is 39.4 Å². The third-order valence-corrected chi connectivity index (χ3v) is 4.74. The number of rotatable bonds is 5. The lowest BCUT2D eigenvalue weighted by atomic mass is 10.2. The van der Waals surface area contributed by atoms with Gasteiger partial charge in [-0.1, -0.05) is 18.2 Å². The molecule has 1 fully saturated rings. The van der Waals surface area contributed by atoms with Crippen molar-refractivity contribution < 1.29 is 14.4 Å². The number of likely N-dealkylation sites (N-methyl/N-ethyl adjacent to an activating group) is 2. The first-order valence-corrected chi connectivity index (χ1v) is 8.13. The minimum absolute atomic E-state index is 0.00198. The smallest absolute Gasteiger partial charge is 0.326 e. The summed E-state index contributed by atoms with van der Waals surface area (Å²) >= 11 is 0. The second-order valence-corrected chi connectivity index (χ2v) is 6.23. The average Bonchev–Trinajstić information content (AvgIpc) is 3.07. The van der Waals surface area contributed by atoms with E-state index in [-0.39, 0.29) is 24.3 Å². The molecule has 1 saturated heterocycles. The zero-order valence-electron chi connectivity index (χ0n) is 14.0. The standard InChI is InChI=1S/C17H22N4O3/c1-19-14(16(23)20(2)17(19)24)11-15(22)18-8-10-21-9-7-12-5-3-4-6-13(12)21/h3-6,14H,7-11H2,1-2H3,(H,18,22)/t14-/m0/s1. The molecule has 0 aromatic heterocycles. The predicted molar refractivity (Wildman–Crippen MR) is 89.7 cm³/mol. The highest BCUT2D eigenvalue weighted by Gasteiger charge is 2.41. The van der Waals surface area contributed by atoms with Crippen molar-refractivity contribution in [2.24, 2.45) is 0 Å². The number of imide groups is 1. The summed E-state index contributed by atoms with van der Waals surface area (Å²) in [4.78, 5) is 40.4. The average molecular weight is 330 g/mol. The van der Waals surface area contributed by atoms with Gasteiger partial charge in [0.25, 0.3) is 5.91 Å². The van der Waals surface area contributed by atoms with Crippen molar-refractivity contribution in [2.45, 2.75) is 18.9 Å². The molecule has 0 spiro atoms. The number of amides is 4. The molecule has 1 N–H and O–H groups in total. The van der Waals surface area contributed by atoms with E-state index in [1.807, 2.05) is 12.1 Å². The van der Waals surface area contributed by atoms with Gasteiger partial charge >= 0.3 is 6.03 Å². The van der Waals surface area contributed by atoms with E-state index in [4.69, 9.17) is 0 Å². The Balaban J connectivity index is 1.47. The number of carbonyl (C=O) groups excluding carboxylic acids is 3. The molecule has 2 aliphatic rings. The van der Waals surface area contributed by atoms with Crippen LogP contribution < -0.4 is 10.2 Å². The number of nitrogens with one attached hydrogen (secondary N) is 1. The van der Waals surface area contributed by atoms with Gasteiger partial charge in [-0.15, -0.1) is 0 Å². The molecule has 0 bridgehead atoms. The largest absolute Gasteiger partial charge is 0.369 e. The van der Waals surface area contributed by atoms with E-state index in [9.17, 15) is 14.4 Å². The van der Waals surface area contributed by atoms with Crippen LogP contribution in [0, 0.1) is 0 Å². The third-order valence-electron chi connectivity index (χ3n) is 4.74. The number of fused-ring (bicyclic) bond motifs is 1. The minimum atomic E-state index is -0.699. The van der Waals surface area contributed by atoms with Crippen molar-refractivity contribution in [1.29, 1.82) is 0 Å². The molecular formula is C17H22N4O3. The van der Waals surface area contributed by atoms with Crippen LogP contribution in [-0.2, 0) is 16.0 Å². The van der Waals surface area contributed by atoms with Crippen molar-refractivity contribution in [1.82, 2.24) is 15.1 Å². The van der Waals surface area contributed by atoms with E-state index in [1.165, 1.54) is 23.2 Å². The molecule has 7 nitrogen and oxygen atoms in total. The summed E-state index contributed by atoms with van der Waals surface area (Å²) < 4.78 is 0. The number of hydrogen-bond donors (Lipinski definition) is 1. The van der Waals surface area contributed by atoms with Crippen molar-refractivity contribution in [3.8, 4) is 0 Å². The summed E-state index contributed by atoms with van der Waals surface area (Å²) in [7, 11) is 2.98. The second-order valence-electron chi connectivity index (χ2n) is 6.23. The van der Waals surface area contributed by atoms with E-state index >= 15 is 0 Å². The van der Waals surface area contributed by atoms with Crippen LogP contribution in [0.25, 0.3) is 0 Å². The molecule has 128 valence electrons. The van der Waals surface area contributed by atoms with Gasteiger partial charge in [-0.25, -0.2) is 4.79 Å². The first-order valence-electron chi connectivity index (χ1n) is 8.13. The van der Waals surface area contributed by atoms with Gasteiger partial charge in [-0.3, -0.25) is 14.5 Å². The molecule has 0 radical (unpaired) electrons. The summed E-state index contributed by atoms with van der Waals surface area (Å²) in [6.07, 6.45) is 1.03. The van der Waals surface area contributed by atoms with Gasteiger partial charge in [0.1, 0.15) is 6.04 Å². The van der Waals surface area contributed by atoms with Gasteiger partial charge < -0.3 is 15.1 Å². The van der Waals surface area contributed by atoms with Crippen molar-refractivity contribution in [3.63, 3.8) is 0 Å². The van der Waals surface area contributed by atoms with E-state index in [0.717, 1.165) is 24.4 Å². The fourth-order valence-electron chi connectivity index (χ4n) is 3.29. The molecule has 0 aliphatic carbocycles. The molecule has 2 heterocycles. The molecule has 3 rings (SSSR count). The Morgan fingerprint density at radius 2 is 2.00 bits per heavy atom. The Kier molecular flexibility index (Phi) is 4.42. The predicted octanol–water partition coefficient (Wildman–Crippen LogP) is 0.448. The lowest BCUT2D eigenvalue weighted by Gasteiger charge is -2.20. The van der Waals surface area contributed by atoms with E-state index < -0.39 is 6.04 Å². The summed E-state index contributed by atoms with van der Waals surface area (Å²) in [6, 6.07) is 7.21. The summed E-state index contributed by atoms with van der Waals surface area (Å²) in [5.41, 5.74) is 2.56. The Morgan fingerprint density at radius 1 is 1.25 bits per heavy atom. The molecule has 0 saturated carbocycles. The molecular weight excluding hydrogens is 308 g/mol. The molecule has 2 aliphatic heterocycles. The van der Waals surface area contributed by atoms with Gasteiger partial charge in [0.15, 0.2) is 0 Å².